The highest BCUT2D eigenvalue weighted by Crippen LogP contribution is 2.02. The molecule has 17 heavy (non-hydrogen) atoms. The van der Waals surface area contributed by atoms with Crippen molar-refractivity contribution in [1.29, 1.82) is 0 Å². The first-order chi connectivity index (χ1) is 8.50. The summed E-state index contributed by atoms with van der Waals surface area (Å²) in [4.78, 5) is 0. The molecule has 0 aromatic carbocycles. The van der Waals surface area contributed by atoms with Crippen molar-refractivity contribution in [2.45, 2.75) is 51.4 Å². The van der Waals surface area contributed by atoms with E-state index in [4.69, 9.17) is 14.2 Å². The second kappa shape index (κ2) is 12.3. The summed E-state index contributed by atoms with van der Waals surface area (Å²) in [6.07, 6.45) is 10.4. The Hall–Kier alpha value is -0.120. The summed E-state index contributed by atoms with van der Waals surface area (Å²) in [5.41, 5.74) is 0. The van der Waals surface area contributed by atoms with Crippen LogP contribution in [0.3, 0.4) is 0 Å². The van der Waals surface area contributed by atoms with Crippen LogP contribution in [0.15, 0.2) is 0 Å². The van der Waals surface area contributed by atoms with Crippen LogP contribution in [0.25, 0.3) is 0 Å². The van der Waals surface area contributed by atoms with Gasteiger partial charge in [0, 0.05) is 39.6 Å². The first-order valence-electron chi connectivity index (χ1n) is 7.23. The van der Waals surface area contributed by atoms with Crippen LogP contribution >= 0.6 is 0 Å². The molecule has 3 heterocycles. The van der Waals surface area contributed by atoms with Gasteiger partial charge in [-0.05, 0) is 51.4 Å². The average molecular weight is 244 g/mol. The first kappa shape index (κ1) is 14.9. The molecule has 102 valence electrons. The van der Waals surface area contributed by atoms with Crippen LogP contribution in [0.4, 0.5) is 0 Å². The van der Waals surface area contributed by atoms with E-state index in [1.165, 1.54) is 51.4 Å². The largest absolute Gasteiger partial charge is 0.381 e. The normalized spacial score (nSPS) is 24.0. The summed E-state index contributed by atoms with van der Waals surface area (Å²) in [7, 11) is 0. The van der Waals surface area contributed by atoms with E-state index in [-0.39, 0.29) is 0 Å². The fraction of sp³-hybridized carbons (Fsp3) is 1.00. The molecule has 3 aliphatic heterocycles. The molecule has 0 aliphatic carbocycles. The highest BCUT2D eigenvalue weighted by molar-refractivity contribution is 4.46. The molecule has 0 bridgehead atoms. The molecule has 0 aromatic rings. The van der Waals surface area contributed by atoms with Gasteiger partial charge in [-0.2, -0.15) is 0 Å². The van der Waals surface area contributed by atoms with E-state index in [0.29, 0.717) is 0 Å². The van der Waals surface area contributed by atoms with Crippen molar-refractivity contribution in [3.05, 3.63) is 0 Å². The van der Waals surface area contributed by atoms with Gasteiger partial charge in [0.2, 0.25) is 0 Å². The second-order valence-electron chi connectivity index (χ2n) is 4.67. The van der Waals surface area contributed by atoms with Gasteiger partial charge >= 0.3 is 0 Å². The third-order valence-corrected chi connectivity index (χ3v) is 2.98. The minimum absolute atomic E-state index is 1.00. The SMILES string of the molecule is C1CCOC1.C1CCOCC1.C1CCOCC1. The highest BCUT2D eigenvalue weighted by atomic mass is 16.5. The van der Waals surface area contributed by atoms with E-state index in [2.05, 4.69) is 0 Å². The lowest BCUT2D eigenvalue weighted by Gasteiger charge is -2.08. The van der Waals surface area contributed by atoms with Crippen molar-refractivity contribution in [3.8, 4) is 0 Å². The van der Waals surface area contributed by atoms with Gasteiger partial charge in [0.1, 0.15) is 0 Å². The van der Waals surface area contributed by atoms with Gasteiger partial charge in [-0.3, -0.25) is 0 Å². The molecule has 0 saturated carbocycles. The maximum absolute atomic E-state index is 5.07. The summed E-state index contributed by atoms with van der Waals surface area (Å²) in [5, 5.41) is 0. The molecule has 3 nitrogen and oxygen atoms in total. The molecular formula is C14H28O3. The smallest absolute Gasteiger partial charge is 0.0466 e. The number of hydrogen-bond donors (Lipinski definition) is 0. The highest BCUT2D eigenvalue weighted by Gasteiger charge is 1.96. The second-order valence-corrected chi connectivity index (χ2v) is 4.67. The van der Waals surface area contributed by atoms with Crippen molar-refractivity contribution in [3.63, 3.8) is 0 Å². The van der Waals surface area contributed by atoms with E-state index < -0.39 is 0 Å². The van der Waals surface area contributed by atoms with Crippen LogP contribution in [0, 0.1) is 0 Å². The average Bonchev–Trinajstić information content (AvgIpc) is 3.03. The Morgan fingerprint density at radius 1 is 0.294 bits per heavy atom. The molecule has 0 amide bonds. The molecule has 0 aromatic heterocycles. The van der Waals surface area contributed by atoms with Gasteiger partial charge in [-0.25, -0.2) is 0 Å². The number of hydrogen-bond acceptors (Lipinski definition) is 3. The van der Waals surface area contributed by atoms with Crippen LogP contribution in [0.5, 0.6) is 0 Å². The summed E-state index contributed by atoms with van der Waals surface area (Å²) >= 11 is 0. The van der Waals surface area contributed by atoms with E-state index in [1.807, 2.05) is 0 Å². The molecule has 3 aliphatic rings. The van der Waals surface area contributed by atoms with Gasteiger partial charge in [0.05, 0.1) is 0 Å². The number of ether oxygens (including phenoxy) is 3. The van der Waals surface area contributed by atoms with Crippen molar-refractivity contribution < 1.29 is 14.2 Å². The third-order valence-electron chi connectivity index (χ3n) is 2.98. The Balaban J connectivity index is 0.000000128. The van der Waals surface area contributed by atoms with Crippen LogP contribution in [0.2, 0.25) is 0 Å². The molecule has 0 spiro atoms. The molecular weight excluding hydrogens is 216 g/mol. The summed E-state index contributed by atoms with van der Waals surface area (Å²) in [6, 6.07) is 0. The predicted octanol–water partition coefficient (Wildman–Crippen LogP) is 3.17. The standard InChI is InChI=1S/2C5H10O.C4H8O/c2*1-2-4-6-5-3-1;1-2-4-5-3-1/h2*1-5H2;1-4H2. The molecule has 0 atom stereocenters. The summed E-state index contributed by atoms with van der Waals surface area (Å²) in [5.74, 6) is 0. The quantitative estimate of drug-likeness (QED) is 0.655. The van der Waals surface area contributed by atoms with Crippen LogP contribution in [-0.2, 0) is 14.2 Å². The fourth-order valence-corrected chi connectivity index (χ4v) is 1.88. The summed E-state index contributed by atoms with van der Waals surface area (Å²) in [6.45, 7) is 6.00. The zero-order chi connectivity index (χ0) is 12.0. The number of rotatable bonds is 0. The molecule has 0 unspecified atom stereocenters. The molecule has 3 fully saturated rings. The lowest BCUT2D eigenvalue weighted by atomic mass is 10.2. The maximum Gasteiger partial charge on any atom is 0.0466 e. The van der Waals surface area contributed by atoms with Crippen molar-refractivity contribution in [2.24, 2.45) is 0 Å². The molecule has 3 saturated heterocycles. The van der Waals surface area contributed by atoms with Gasteiger partial charge in [0.15, 0.2) is 0 Å². The Morgan fingerprint density at radius 3 is 0.647 bits per heavy atom. The maximum atomic E-state index is 5.07. The van der Waals surface area contributed by atoms with E-state index in [9.17, 15) is 0 Å². The predicted molar refractivity (Wildman–Crippen MR) is 69.4 cm³/mol. The van der Waals surface area contributed by atoms with Gasteiger partial charge < -0.3 is 14.2 Å². The molecule has 3 rings (SSSR count). The Bertz CT molecular complexity index is 95.8. The zero-order valence-electron chi connectivity index (χ0n) is 11.1. The first-order valence-corrected chi connectivity index (χ1v) is 7.23. The van der Waals surface area contributed by atoms with Gasteiger partial charge in [0.25, 0.3) is 0 Å². The van der Waals surface area contributed by atoms with Crippen LogP contribution < -0.4 is 0 Å². The van der Waals surface area contributed by atoms with E-state index in [1.54, 1.807) is 0 Å². The van der Waals surface area contributed by atoms with Crippen molar-refractivity contribution in [2.75, 3.05) is 39.6 Å². The van der Waals surface area contributed by atoms with Crippen molar-refractivity contribution in [1.82, 2.24) is 0 Å². The van der Waals surface area contributed by atoms with Crippen LogP contribution in [0.1, 0.15) is 51.4 Å². The van der Waals surface area contributed by atoms with Gasteiger partial charge in [-0.15, -0.1) is 0 Å². The van der Waals surface area contributed by atoms with Crippen molar-refractivity contribution >= 4 is 0 Å². The Labute approximate surface area is 106 Å². The monoisotopic (exact) mass is 244 g/mol. The lowest BCUT2D eigenvalue weighted by Crippen LogP contribution is -2.03. The van der Waals surface area contributed by atoms with Crippen LogP contribution in [-0.4, -0.2) is 39.6 Å². The Morgan fingerprint density at radius 2 is 0.529 bits per heavy atom. The minimum Gasteiger partial charge on any atom is -0.381 e. The molecule has 0 radical (unpaired) electrons. The lowest BCUT2D eigenvalue weighted by molar-refractivity contribution is 0.0967. The zero-order valence-corrected chi connectivity index (χ0v) is 11.1. The minimum atomic E-state index is 1.00. The summed E-state index contributed by atoms with van der Waals surface area (Å²) < 4.78 is 15.1. The topological polar surface area (TPSA) is 27.7 Å². The molecule has 3 heteroatoms. The third kappa shape index (κ3) is 10.7. The Kier molecular flexibility index (Phi) is 10.8. The van der Waals surface area contributed by atoms with E-state index >= 15 is 0 Å². The van der Waals surface area contributed by atoms with Gasteiger partial charge in [-0.1, -0.05) is 0 Å². The van der Waals surface area contributed by atoms with E-state index in [0.717, 1.165) is 39.6 Å². The molecule has 0 N–H and O–H groups in total. The fourth-order valence-electron chi connectivity index (χ4n) is 1.88.